The van der Waals surface area contributed by atoms with Crippen molar-refractivity contribution in [1.29, 1.82) is 0 Å². The molecule has 2 fully saturated rings. The van der Waals surface area contributed by atoms with E-state index in [0.717, 1.165) is 19.0 Å². The molecule has 0 bridgehead atoms. The fourth-order valence-corrected chi connectivity index (χ4v) is 3.85. The summed E-state index contributed by atoms with van der Waals surface area (Å²) in [6.45, 7) is 8.70. The van der Waals surface area contributed by atoms with Gasteiger partial charge in [-0.15, -0.1) is 0 Å². The molecule has 0 unspecified atom stereocenters. The van der Waals surface area contributed by atoms with Crippen LogP contribution >= 0.6 is 0 Å². The first-order chi connectivity index (χ1) is 13.0. The number of nitrogens with one attached hydrogen (secondary N) is 2. The van der Waals surface area contributed by atoms with Crippen molar-refractivity contribution in [3.8, 4) is 0 Å². The van der Waals surface area contributed by atoms with Gasteiger partial charge < -0.3 is 15.5 Å². The summed E-state index contributed by atoms with van der Waals surface area (Å²) in [4.78, 5) is 28.4. The second-order valence-electron chi connectivity index (χ2n) is 7.92. The van der Waals surface area contributed by atoms with Crippen molar-refractivity contribution in [3.63, 3.8) is 0 Å². The van der Waals surface area contributed by atoms with Crippen LogP contribution in [0.15, 0.2) is 24.3 Å². The minimum absolute atomic E-state index is 0.0188. The van der Waals surface area contributed by atoms with Crippen LogP contribution in [0, 0.1) is 12.8 Å². The normalized spacial score (nSPS) is 20.7. The van der Waals surface area contributed by atoms with Crippen LogP contribution in [0.4, 0.5) is 4.79 Å². The fourth-order valence-electron chi connectivity index (χ4n) is 3.85. The van der Waals surface area contributed by atoms with Crippen LogP contribution in [-0.4, -0.2) is 61.0 Å². The van der Waals surface area contributed by atoms with Gasteiger partial charge in [-0.3, -0.25) is 9.69 Å². The summed E-state index contributed by atoms with van der Waals surface area (Å²) in [5.41, 5.74) is 2.50. The molecule has 0 aliphatic carbocycles. The van der Waals surface area contributed by atoms with Gasteiger partial charge in [0.1, 0.15) is 0 Å². The molecule has 148 valence electrons. The van der Waals surface area contributed by atoms with E-state index in [0.29, 0.717) is 32.6 Å². The van der Waals surface area contributed by atoms with Gasteiger partial charge in [-0.2, -0.15) is 0 Å². The number of benzene rings is 1. The summed E-state index contributed by atoms with van der Waals surface area (Å²) in [5, 5.41) is 5.94. The molecule has 2 saturated heterocycles. The monoisotopic (exact) mass is 372 g/mol. The molecule has 1 aromatic rings. The number of aryl methyl sites for hydroxylation is 1. The average molecular weight is 373 g/mol. The Kier molecular flexibility index (Phi) is 6.72. The van der Waals surface area contributed by atoms with Crippen molar-refractivity contribution in [1.82, 2.24) is 20.4 Å². The number of carbonyl (C=O) groups is 2. The Hall–Kier alpha value is -2.08. The van der Waals surface area contributed by atoms with Crippen LogP contribution < -0.4 is 10.6 Å². The molecule has 6 heteroatoms. The average Bonchev–Trinajstić information content (AvgIpc) is 2.89. The number of amides is 3. The van der Waals surface area contributed by atoms with Crippen molar-refractivity contribution < 1.29 is 9.59 Å². The molecule has 3 amide bonds. The molecular formula is C21H32N4O2. The number of piperidine rings is 1. The zero-order valence-electron chi connectivity index (χ0n) is 16.5. The topological polar surface area (TPSA) is 64.7 Å². The van der Waals surface area contributed by atoms with Crippen LogP contribution in [0.5, 0.6) is 0 Å². The molecule has 2 aliphatic heterocycles. The van der Waals surface area contributed by atoms with E-state index in [1.807, 2.05) is 0 Å². The lowest BCUT2D eigenvalue weighted by atomic mass is 9.95. The van der Waals surface area contributed by atoms with Gasteiger partial charge in [0.2, 0.25) is 5.91 Å². The summed E-state index contributed by atoms with van der Waals surface area (Å²) in [7, 11) is 0. The molecule has 0 aromatic heterocycles. The van der Waals surface area contributed by atoms with Gasteiger partial charge in [0, 0.05) is 32.6 Å². The highest BCUT2D eigenvalue weighted by molar-refractivity contribution is 5.79. The molecule has 0 saturated carbocycles. The minimum Gasteiger partial charge on any atom is -0.354 e. The van der Waals surface area contributed by atoms with Crippen molar-refractivity contribution >= 4 is 11.9 Å². The van der Waals surface area contributed by atoms with E-state index in [4.69, 9.17) is 0 Å². The molecule has 1 aromatic carbocycles. The van der Waals surface area contributed by atoms with Gasteiger partial charge in [0.25, 0.3) is 0 Å². The standard InChI is InChI=1S/C21H32N4O2/c1-16-3-5-18(6-4-16)19(24-11-7-17(2)8-12-24)15-23-21(27)25-13-9-20(26)22-10-14-25/h3-6,17,19H,7-15H2,1-2H3,(H,22,26)(H,23,27)/t19-/m0/s1. The zero-order chi connectivity index (χ0) is 19.2. The van der Waals surface area contributed by atoms with Crippen LogP contribution in [0.3, 0.4) is 0 Å². The second kappa shape index (κ2) is 9.22. The minimum atomic E-state index is -0.0750. The lowest BCUT2D eigenvalue weighted by molar-refractivity contribution is -0.120. The van der Waals surface area contributed by atoms with E-state index in [-0.39, 0.29) is 18.0 Å². The number of likely N-dealkylation sites (tertiary alicyclic amines) is 1. The third kappa shape index (κ3) is 5.45. The Morgan fingerprint density at radius 1 is 1.19 bits per heavy atom. The van der Waals surface area contributed by atoms with E-state index in [1.54, 1.807) is 4.90 Å². The summed E-state index contributed by atoms with van der Waals surface area (Å²) in [5.74, 6) is 0.793. The second-order valence-corrected chi connectivity index (χ2v) is 7.92. The molecule has 0 radical (unpaired) electrons. The van der Waals surface area contributed by atoms with Gasteiger partial charge in [0.15, 0.2) is 0 Å². The summed E-state index contributed by atoms with van der Waals surface area (Å²) < 4.78 is 0. The molecule has 3 rings (SSSR count). The molecular weight excluding hydrogens is 340 g/mol. The van der Waals surface area contributed by atoms with Gasteiger partial charge in [-0.25, -0.2) is 4.79 Å². The van der Waals surface area contributed by atoms with E-state index in [1.165, 1.54) is 24.0 Å². The predicted molar refractivity (Wildman–Crippen MR) is 106 cm³/mol. The molecule has 0 spiro atoms. The molecule has 2 heterocycles. The maximum atomic E-state index is 12.6. The number of hydrogen-bond donors (Lipinski definition) is 2. The number of rotatable bonds is 4. The SMILES string of the molecule is Cc1ccc([C@H](CNC(=O)N2CCNC(=O)CC2)N2CCC(C)CC2)cc1. The van der Waals surface area contributed by atoms with Crippen LogP contribution in [0.1, 0.15) is 43.4 Å². The summed E-state index contributed by atoms with van der Waals surface area (Å²) in [6.07, 6.45) is 2.78. The third-order valence-electron chi connectivity index (χ3n) is 5.77. The van der Waals surface area contributed by atoms with Crippen LogP contribution in [0.2, 0.25) is 0 Å². The van der Waals surface area contributed by atoms with Gasteiger partial charge in [-0.1, -0.05) is 36.8 Å². The molecule has 2 aliphatic rings. The Morgan fingerprint density at radius 3 is 2.59 bits per heavy atom. The first kappa shape index (κ1) is 19.7. The maximum absolute atomic E-state index is 12.6. The van der Waals surface area contributed by atoms with Gasteiger partial charge in [-0.05, 0) is 44.3 Å². The quantitative estimate of drug-likeness (QED) is 0.852. The fraction of sp³-hybridized carbons (Fsp3) is 0.619. The van der Waals surface area contributed by atoms with Crippen LogP contribution in [-0.2, 0) is 4.79 Å². The lowest BCUT2D eigenvalue weighted by Gasteiger charge is -2.37. The summed E-state index contributed by atoms with van der Waals surface area (Å²) in [6, 6.07) is 8.76. The highest BCUT2D eigenvalue weighted by atomic mass is 16.2. The third-order valence-corrected chi connectivity index (χ3v) is 5.77. The predicted octanol–water partition coefficient (Wildman–Crippen LogP) is 2.30. The van der Waals surface area contributed by atoms with Crippen molar-refractivity contribution in [3.05, 3.63) is 35.4 Å². The maximum Gasteiger partial charge on any atom is 0.317 e. The molecule has 6 nitrogen and oxygen atoms in total. The largest absolute Gasteiger partial charge is 0.354 e. The van der Waals surface area contributed by atoms with Crippen molar-refractivity contribution in [2.75, 3.05) is 39.3 Å². The highest BCUT2D eigenvalue weighted by Crippen LogP contribution is 2.26. The van der Waals surface area contributed by atoms with E-state index < -0.39 is 0 Å². The first-order valence-electron chi connectivity index (χ1n) is 10.1. The lowest BCUT2D eigenvalue weighted by Crippen LogP contribution is -2.46. The molecule has 1 atom stereocenters. The van der Waals surface area contributed by atoms with Gasteiger partial charge in [0.05, 0.1) is 6.04 Å². The Bertz CT molecular complexity index is 638. The van der Waals surface area contributed by atoms with E-state index in [2.05, 4.69) is 53.6 Å². The highest BCUT2D eigenvalue weighted by Gasteiger charge is 2.26. The Labute approximate surface area is 162 Å². The molecule has 2 N–H and O–H groups in total. The van der Waals surface area contributed by atoms with Crippen molar-refractivity contribution in [2.45, 2.75) is 39.2 Å². The number of carbonyl (C=O) groups excluding carboxylic acids is 2. The zero-order valence-corrected chi connectivity index (χ0v) is 16.5. The number of urea groups is 1. The first-order valence-corrected chi connectivity index (χ1v) is 10.1. The summed E-state index contributed by atoms with van der Waals surface area (Å²) >= 11 is 0. The van der Waals surface area contributed by atoms with Gasteiger partial charge >= 0.3 is 6.03 Å². The molecule has 27 heavy (non-hydrogen) atoms. The Morgan fingerprint density at radius 2 is 1.89 bits per heavy atom. The number of hydrogen-bond acceptors (Lipinski definition) is 3. The Balaban J connectivity index is 1.64. The van der Waals surface area contributed by atoms with E-state index in [9.17, 15) is 9.59 Å². The van der Waals surface area contributed by atoms with Crippen LogP contribution in [0.25, 0.3) is 0 Å². The smallest absolute Gasteiger partial charge is 0.317 e. The van der Waals surface area contributed by atoms with E-state index >= 15 is 0 Å². The number of nitrogens with zero attached hydrogens (tertiary/aromatic N) is 2. The van der Waals surface area contributed by atoms with Crippen molar-refractivity contribution in [2.24, 2.45) is 5.92 Å².